The Bertz CT molecular complexity index is 536. The van der Waals surface area contributed by atoms with Crippen molar-refractivity contribution in [1.29, 1.82) is 0 Å². The van der Waals surface area contributed by atoms with Gasteiger partial charge in [-0.25, -0.2) is 0 Å². The number of nitrogens with zero attached hydrogens (tertiary/aromatic N) is 1. The number of para-hydroxylation sites is 1. The van der Waals surface area contributed by atoms with Crippen LogP contribution in [-0.4, -0.2) is 48.9 Å². The highest BCUT2D eigenvalue weighted by Crippen LogP contribution is 2.20. The number of ketones is 1. The summed E-state index contributed by atoms with van der Waals surface area (Å²) in [4.78, 5) is 26.1. The number of nitrogens with one attached hydrogen (secondary N) is 1. The Kier molecular flexibility index (Phi) is 5.55. The molecule has 2 rings (SSSR count). The van der Waals surface area contributed by atoms with Crippen LogP contribution in [0, 0.1) is 0 Å². The number of hydrogen-bond acceptors (Lipinski definition) is 4. The molecule has 1 heterocycles. The first-order valence-electron chi connectivity index (χ1n) is 7.73. The van der Waals surface area contributed by atoms with Gasteiger partial charge in [-0.2, -0.15) is 0 Å². The van der Waals surface area contributed by atoms with Crippen LogP contribution in [0.2, 0.25) is 0 Å². The molecule has 1 atom stereocenters. The fourth-order valence-corrected chi connectivity index (χ4v) is 2.58. The molecular formula is C17H24N2O3. The van der Waals surface area contributed by atoms with Crippen molar-refractivity contribution in [1.82, 2.24) is 10.2 Å². The first-order chi connectivity index (χ1) is 10.5. The van der Waals surface area contributed by atoms with Crippen LogP contribution in [0.5, 0.6) is 5.75 Å². The van der Waals surface area contributed by atoms with Crippen molar-refractivity contribution in [2.24, 2.45) is 0 Å². The highest BCUT2D eigenvalue weighted by Gasteiger charge is 2.23. The zero-order valence-electron chi connectivity index (χ0n) is 13.5. The quantitative estimate of drug-likeness (QED) is 0.844. The van der Waals surface area contributed by atoms with Crippen LogP contribution in [0.4, 0.5) is 0 Å². The van der Waals surface area contributed by atoms with Crippen molar-refractivity contribution in [3.63, 3.8) is 0 Å². The van der Waals surface area contributed by atoms with Crippen molar-refractivity contribution < 1.29 is 14.3 Å². The maximum atomic E-state index is 12.2. The van der Waals surface area contributed by atoms with Crippen LogP contribution in [0.3, 0.4) is 0 Å². The van der Waals surface area contributed by atoms with E-state index in [0.717, 1.165) is 25.9 Å². The first-order valence-corrected chi connectivity index (χ1v) is 7.73. The Morgan fingerprint density at radius 1 is 1.27 bits per heavy atom. The molecule has 5 nitrogen and oxygen atoms in total. The molecule has 0 bridgehead atoms. The van der Waals surface area contributed by atoms with E-state index < -0.39 is 6.10 Å². The predicted octanol–water partition coefficient (Wildman–Crippen LogP) is 1.87. The third-order valence-corrected chi connectivity index (χ3v) is 4.00. The first kappa shape index (κ1) is 16.5. The molecule has 1 saturated heterocycles. The van der Waals surface area contributed by atoms with Crippen LogP contribution in [0.15, 0.2) is 24.3 Å². The van der Waals surface area contributed by atoms with Crippen LogP contribution in [0.1, 0.15) is 37.0 Å². The van der Waals surface area contributed by atoms with Crippen LogP contribution in [0.25, 0.3) is 0 Å². The van der Waals surface area contributed by atoms with E-state index in [2.05, 4.69) is 17.3 Å². The van der Waals surface area contributed by atoms with E-state index in [0.29, 0.717) is 11.3 Å². The summed E-state index contributed by atoms with van der Waals surface area (Å²) < 4.78 is 5.69. The van der Waals surface area contributed by atoms with Crippen LogP contribution in [-0.2, 0) is 4.79 Å². The van der Waals surface area contributed by atoms with Gasteiger partial charge >= 0.3 is 0 Å². The minimum Gasteiger partial charge on any atom is -0.480 e. The second-order valence-corrected chi connectivity index (χ2v) is 5.90. The number of amides is 1. The number of likely N-dealkylation sites (tertiary alicyclic amines) is 1. The highest BCUT2D eigenvalue weighted by molar-refractivity contribution is 5.96. The molecule has 1 amide bonds. The van der Waals surface area contributed by atoms with Gasteiger partial charge in [-0.1, -0.05) is 12.1 Å². The number of rotatable bonds is 5. The van der Waals surface area contributed by atoms with Gasteiger partial charge in [0.25, 0.3) is 5.91 Å². The summed E-state index contributed by atoms with van der Waals surface area (Å²) in [5.74, 6) is 0.257. The van der Waals surface area contributed by atoms with Gasteiger partial charge < -0.3 is 15.0 Å². The molecule has 1 fully saturated rings. The van der Waals surface area contributed by atoms with Gasteiger partial charge in [0.05, 0.1) is 5.56 Å². The summed E-state index contributed by atoms with van der Waals surface area (Å²) in [6.07, 6.45) is 1.29. The zero-order valence-corrected chi connectivity index (χ0v) is 13.5. The van der Waals surface area contributed by atoms with Gasteiger partial charge in [0, 0.05) is 6.04 Å². The van der Waals surface area contributed by atoms with Crippen molar-refractivity contribution in [2.45, 2.75) is 38.8 Å². The standard InChI is InChI=1S/C17H24N2O3/c1-12(20)15-6-4-5-7-16(15)22-13(2)17(21)18-14-8-10-19(3)11-9-14/h4-7,13-14H,8-11H2,1-3H3,(H,18,21). The summed E-state index contributed by atoms with van der Waals surface area (Å²) in [6, 6.07) is 7.21. The van der Waals surface area contributed by atoms with Gasteiger partial charge in [0.1, 0.15) is 5.75 Å². The van der Waals surface area contributed by atoms with Crippen molar-refractivity contribution in [3.8, 4) is 5.75 Å². The van der Waals surface area contributed by atoms with Gasteiger partial charge in [0.15, 0.2) is 11.9 Å². The van der Waals surface area contributed by atoms with E-state index >= 15 is 0 Å². The fraction of sp³-hybridized carbons (Fsp3) is 0.529. The summed E-state index contributed by atoms with van der Waals surface area (Å²) in [6.45, 7) is 5.19. The Morgan fingerprint density at radius 3 is 2.55 bits per heavy atom. The van der Waals surface area contributed by atoms with E-state index in [1.807, 2.05) is 0 Å². The topological polar surface area (TPSA) is 58.6 Å². The largest absolute Gasteiger partial charge is 0.480 e. The van der Waals surface area contributed by atoms with E-state index in [9.17, 15) is 9.59 Å². The predicted molar refractivity (Wildman–Crippen MR) is 85.2 cm³/mol. The molecule has 120 valence electrons. The number of Topliss-reactive ketones (excluding diaryl/α,β-unsaturated/α-hetero) is 1. The minimum atomic E-state index is -0.625. The second-order valence-electron chi connectivity index (χ2n) is 5.90. The Morgan fingerprint density at radius 2 is 1.91 bits per heavy atom. The summed E-state index contributed by atoms with van der Waals surface area (Å²) in [5.41, 5.74) is 0.501. The van der Waals surface area contributed by atoms with E-state index in [1.165, 1.54) is 6.92 Å². The summed E-state index contributed by atoms with van der Waals surface area (Å²) in [7, 11) is 2.09. The van der Waals surface area contributed by atoms with Gasteiger partial charge in [-0.05, 0) is 59.0 Å². The second kappa shape index (κ2) is 7.40. The molecular weight excluding hydrogens is 280 g/mol. The average Bonchev–Trinajstić information content (AvgIpc) is 2.49. The molecule has 0 radical (unpaired) electrons. The normalized spacial score (nSPS) is 17.8. The lowest BCUT2D eigenvalue weighted by atomic mass is 10.1. The number of benzene rings is 1. The molecule has 0 aromatic heterocycles. The average molecular weight is 304 g/mol. The third kappa shape index (κ3) is 4.31. The van der Waals surface area contributed by atoms with Crippen molar-refractivity contribution in [3.05, 3.63) is 29.8 Å². The monoisotopic (exact) mass is 304 g/mol. The molecule has 5 heteroatoms. The fourth-order valence-electron chi connectivity index (χ4n) is 2.58. The van der Waals surface area contributed by atoms with Crippen LogP contribution >= 0.6 is 0 Å². The molecule has 0 aliphatic carbocycles. The SMILES string of the molecule is CC(=O)c1ccccc1OC(C)C(=O)NC1CCN(C)CC1. The molecule has 0 saturated carbocycles. The number of ether oxygens (including phenoxy) is 1. The number of hydrogen-bond donors (Lipinski definition) is 1. The molecule has 1 aromatic carbocycles. The Hall–Kier alpha value is -1.88. The summed E-state index contributed by atoms with van der Waals surface area (Å²) in [5, 5.41) is 3.03. The maximum Gasteiger partial charge on any atom is 0.260 e. The molecule has 1 aliphatic rings. The molecule has 1 N–H and O–H groups in total. The lowest BCUT2D eigenvalue weighted by molar-refractivity contribution is -0.128. The van der Waals surface area contributed by atoms with E-state index in [-0.39, 0.29) is 17.7 Å². The summed E-state index contributed by atoms with van der Waals surface area (Å²) >= 11 is 0. The van der Waals surface area contributed by atoms with Crippen molar-refractivity contribution in [2.75, 3.05) is 20.1 Å². The lowest BCUT2D eigenvalue weighted by Crippen LogP contribution is -2.47. The lowest BCUT2D eigenvalue weighted by Gasteiger charge is -2.30. The smallest absolute Gasteiger partial charge is 0.260 e. The van der Waals surface area contributed by atoms with E-state index in [4.69, 9.17) is 4.74 Å². The van der Waals surface area contributed by atoms with Crippen molar-refractivity contribution >= 4 is 11.7 Å². The third-order valence-electron chi connectivity index (χ3n) is 4.00. The van der Waals surface area contributed by atoms with Gasteiger partial charge in [-0.3, -0.25) is 9.59 Å². The minimum absolute atomic E-state index is 0.0708. The van der Waals surface area contributed by atoms with E-state index in [1.54, 1.807) is 31.2 Å². The van der Waals surface area contributed by atoms with Gasteiger partial charge in [-0.15, -0.1) is 0 Å². The maximum absolute atomic E-state index is 12.2. The molecule has 22 heavy (non-hydrogen) atoms. The molecule has 1 unspecified atom stereocenters. The van der Waals surface area contributed by atoms with Gasteiger partial charge in [0.2, 0.25) is 0 Å². The van der Waals surface area contributed by atoms with Crippen LogP contribution < -0.4 is 10.1 Å². The molecule has 1 aliphatic heterocycles. The molecule has 1 aromatic rings. The number of piperidine rings is 1. The number of carbonyl (C=O) groups excluding carboxylic acids is 2. The molecule has 0 spiro atoms. The highest BCUT2D eigenvalue weighted by atomic mass is 16.5. The Balaban J connectivity index is 1.93. The Labute approximate surface area is 131 Å². The zero-order chi connectivity index (χ0) is 16.1. The number of carbonyl (C=O) groups is 2.